The van der Waals surface area contributed by atoms with Gasteiger partial charge in [0.2, 0.25) is 0 Å². The van der Waals surface area contributed by atoms with Crippen molar-refractivity contribution >= 4 is 5.91 Å². The quantitative estimate of drug-likeness (QED) is 0.872. The average Bonchev–Trinajstić information content (AvgIpc) is 2.38. The summed E-state index contributed by atoms with van der Waals surface area (Å²) in [5.74, 6) is 0.205. The van der Waals surface area contributed by atoms with Crippen molar-refractivity contribution in [2.75, 3.05) is 0 Å². The Kier molecular flexibility index (Phi) is 4.31. The molecule has 1 aromatic heterocycles. The van der Waals surface area contributed by atoms with Gasteiger partial charge >= 0.3 is 0 Å². The van der Waals surface area contributed by atoms with Gasteiger partial charge in [0.1, 0.15) is 5.56 Å². The Morgan fingerprint density at radius 3 is 2.65 bits per heavy atom. The first-order valence-corrected chi connectivity index (χ1v) is 7.37. The number of rotatable bonds is 2. The number of aromatic nitrogens is 1. The van der Waals surface area contributed by atoms with Crippen molar-refractivity contribution in [2.24, 2.45) is 11.3 Å². The van der Waals surface area contributed by atoms with E-state index in [1.807, 2.05) is 0 Å². The molecular weight excluding hydrogens is 252 g/mol. The molecule has 1 heterocycles. The Morgan fingerprint density at radius 1 is 1.30 bits per heavy atom. The zero-order valence-corrected chi connectivity index (χ0v) is 12.5. The van der Waals surface area contributed by atoms with Crippen LogP contribution in [0.4, 0.5) is 0 Å². The lowest BCUT2D eigenvalue weighted by Gasteiger charge is -2.40. The summed E-state index contributed by atoms with van der Waals surface area (Å²) in [6.07, 6.45) is 7.52. The average molecular weight is 276 g/mol. The van der Waals surface area contributed by atoms with Crippen LogP contribution in [-0.4, -0.2) is 16.9 Å². The van der Waals surface area contributed by atoms with Gasteiger partial charge in [0.25, 0.3) is 5.91 Å². The number of aromatic amines is 1. The van der Waals surface area contributed by atoms with Crippen LogP contribution in [0.5, 0.6) is 0 Å². The van der Waals surface area contributed by atoms with Gasteiger partial charge in [-0.3, -0.25) is 9.59 Å². The molecule has 1 aromatic rings. The molecule has 1 amide bonds. The van der Waals surface area contributed by atoms with E-state index in [1.165, 1.54) is 24.9 Å². The summed E-state index contributed by atoms with van der Waals surface area (Å²) in [6.45, 7) is 6.66. The second kappa shape index (κ2) is 5.81. The predicted octanol–water partition coefficient (Wildman–Crippen LogP) is 2.71. The summed E-state index contributed by atoms with van der Waals surface area (Å²) in [6, 6.07) is 1.55. The third-order valence-electron chi connectivity index (χ3n) is 4.26. The molecule has 0 aliphatic heterocycles. The molecule has 1 aliphatic carbocycles. The maximum Gasteiger partial charge on any atom is 0.256 e. The van der Waals surface area contributed by atoms with Gasteiger partial charge in [0.15, 0.2) is 5.43 Å². The lowest BCUT2D eigenvalue weighted by molar-refractivity contribution is 0.0828. The summed E-state index contributed by atoms with van der Waals surface area (Å²) in [5, 5.41) is 3.07. The van der Waals surface area contributed by atoms with E-state index < -0.39 is 0 Å². The van der Waals surface area contributed by atoms with Crippen LogP contribution in [0.15, 0.2) is 23.3 Å². The highest BCUT2D eigenvalue weighted by Crippen LogP contribution is 2.38. The van der Waals surface area contributed by atoms with Crippen LogP contribution in [0.25, 0.3) is 0 Å². The van der Waals surface area contributed by atoms with Gasteiger partial charge < -0.3 is 10.3 Å². The molecule has 1 aliphatic rings. The van der Waals surface area contributed by atoms with Gasteiger partial charge in [-0.05, 0) is 24.2 Å². The van der Waals surface area contributed by atoms with Crippen LogP contribution in [0.2, 0.25) is 0 Å². The lowest BCUT2D eigenvalue weighted by atomic mass is 9.69. The Labute approximate surface area is 120 Å². The molecule has 4 nitrogen and oxygen atoms in total. The number of carbonyl (C=O) groups excluding carboxylic acids is 1. The summed E-state index contributed by atoms with van der Waals surface area (Å²) in [4.78, 5) is 26.8. The van der Waals surface area contributed by atoms with E-state index in [2.05, 4.69) is 31.1 Å². The van der Waals surface area contributed by atoms with Crippen molar-refractivity contribution in [1.82, 2.24) is 10.3 Å². The van der Waals surface area contributed by atoms with Crippen LogP contribution in [-0.2, 0) is 0 Å². The Morgan fingerprint density at radius 2 is 2.00 bits per heavy atom. The van der Waals surface area contributed by atoms with E-state index in [1.54, 1.807) is 0 Å². The van der Waals surface area contributed by atoms with Crippen LogP contribution < -0.4 is 10.7 Å². The van der Waals surface area contributed by atoms with Gasteiger partial charge in [0, 0.05) is 24.5 Å². The fourth-order valence-electron chi connectivity index (χ4n) is 3.18. The van der Waals surface area contributed by atoms with E-state index in [0.29, 0.717) is 5.92 Å². The molecular formula is C16H24N2O2. The minimum atomic E-state index is -0.256. The molecule has 0 spiro atoms. The smallest absolute Gasteiger partial charge is 0.256 e. The second-order valence-electron chi connectivity index (χ2n) is 6.76. The van der Waals surface area contributed by atoms with E-state index in [4.69, 9.17) is 0 Å². The van der Waals surface area contributed by atoms with Gasteiger partial charge in [-0.25, -0.2) is 0 Å². The summed E-state index contributed by atoms with van der Waals surface area (Å²) >= 11 is 0. The molecule has 2 atom stereocenters. The van der Waals surface area contributed by atoms with Crippen LogP contribution in [0.1, 0.15) is 56.8 Å². The van der Waals surface area contributed by atoms with Gasteiger partial charge in [-0.2, -0.15) is 0 Å². The number of hydrogen-bond acceptors (Lipinski definition) is 2. The molecule has 110 valence electrons. The number of pyridine rings is 1. The van der Waals surface area contributed by atoms with E-state index in [9.17, 15) is 9.59 Å². The number of nitrogens with one attached hydrogen (secondary N) is 2. The highest BCUT2D eigenvalue weighted by Gasteiger charge is 2.35. The van der Waals surface area contributed by atoms with Crippen molar-refractivity contribution in [2.45, 2.75) is 52.5 Å². The molecule has 0 radical (unpaired) electrons. The molecule has 2 unspecified atom stereocenters. The van der Waals surface area contributed by atoms with E-state index >= 15 is 0 Å². The summed E-state index contributed by atoms with van der Waals surface area (Å²) < 4.78 is 0. The predicted molar refractivity (Wildman–Crippen MR) is 79.7 cm³/mol. The van der Waals surface area contributed by atoms with Crippen LogP contribution in [0, 0.1) is 11.3 Å². The number of hydrogen-bond donors (Lipinski definition) is 2. The normalized spacial score (nSPS) is 23.4. The molecule has 0 bridgehead atoms. The Bertz CT molecular complexity index is 528. The van der Waals surface area contributed by atoms with E-state index in [0.717, 1.165) is 19.3 Å². The largest absolute Gasteiger partial charge is 0.367 e. The standard InChI is InChI=1S/C16H24N2O2/c1-16(2,3)12-6-4-5-7-13(12)18-15(20)11-10-17-9-8-14(11)19/h8-10,12-13H,4-7H2,1-3H3,(H,17,19)(H,18,20). The molecule has 20 heavy (non-hydrogen) atoms. The SMILES string of the molecule is CC(C)(C)C1CCCCC1NC(=O)c1c[nH]ccc1=O. The number of carbonyl (C=O) groups is 1. The molecule has 2 rings (SSSR count). The lowest BCUT2D eigenvalue weighted by Crippen LogP contribution is -2.47. The van der Waals surface area contributed by atoms with Crippen molar-refractivity contribution in [1.29, 1.82) is 0 Å². The zero-order valence-electron chi connectivity index (χ0n) is 12.5. The minimum absolute atomic E-state index is 0.163. The van der Waals surface area contributed by atoms with Crippen molar-refractivity contribution in [3.8, 4) is 0 Å². The first-order chi connectivity index (χ1) is 9.39. The molecule has 0 aromatic carbocycles. The van der Waals surface area contributed by atoms with E-state index in [-0.39, 0.29) is 28.4 Å². The van der Waals surface area contributed by atoms with Crippen molar-refractivity contribution in [3.63, 3.8) is 0 Å². The maximum atomic E-state index is 12.3. The monoisotopic (exact) mass is 276 g/mol. The first-order valence-electron chi connectivity index (χ1n) is 7.37. The molecule has 4 heteroatoms. The molecule has 1 saturated carbocycles. The fraction of sp³-hybridized carbons (Fsp3) is 0.625. The van der Waals surface area contributed by atoms with Crippen molar-refractivity contribution in [3.05, 3.63) is 34.2 Å². The Balaban J connectivity index is 2.13. The maximum absolute atomic E-state index is 12.3. The van der Waals surface area contributed by atoms with Gasteiger partial charge in [-0.15, -0.1) is 0 Å². The molecule has 1 fully saturated rings. The topological polar surface area (TPSA) is 62.0 Å². The number of amides is 1. The second-order valence-corrected chi connectivity index (χ2v) is 6.76. The summed E-state index contributed by atoms with van der Waals surface area (Å²) in [7, 11) is 0. The summed E-state index contributed by atoms with van der Waals surface area (Å²) in [5.41, 5.74) is 0.136. The third kappa shape index (κ3) is 3.30. The van der Waals surface area contributed by atoms with Crippen LogP contribution >= 0.6 is 0 Å². The first kappa shape index (κ1) is 14.8. The van der Waals surface area contributed by atoms with Gasteiger partial charge in [-0.1, -0.05) is 33.6 Å². The number of H-pyrrole nitrogens is 1. The van der Waals surface area contributed by atoms with Crippen molar-refractivity contribution < 1.29 is 4.79 Å². The molecule has 0 saturated heterocycles. The highest BCUT2D eigenvalue weighted by atomic mass is 16.2. The van der Waals surface area contributed by atoms with Gasteiger partial charge in [0.05, 0.1) is 0 Å². The molecule has 2 N–H and O–H groups in total. The van der Waals surface area contributed by atoms with Crippen LogP contribution in [0.3, 0.4) is 0 Å². The third-order valence-corrected chi connectivity index (χ3v) is 4.26. The Hall–Kier alpha value is -1.58. The fourth-order valence-corrected chi connectivity index (χ4v) is 3.18. The highest BCUT2D eigenvalue weighted by molar-refractivity contribution is 5.93. The zero-order chi connectivity index (χ0) is 14.8. The minimum Gasteiger partial charge on any atom is -0.367 e.